The summed E-state index contributed by atoms with van der Waals surface area (Å²) in [6, 6.07) is 0.347. The van der Waals surface area contributed by atoms with Crippen molar-refractivity contribution in [3.8, 4) is 0 Å². The summed E-state index contributed by atoms with van der Waals surface area (Å²) >= 11 is 0. The first-order valence-corrected chi connectivity index (χ1v) is 6.29. The number of likely N-dealkylation sites (N-methyl/N-ethyl adjacent to an activating group) is 1. The SMILES string of the molecule is CC(CN)CCC(=O)NC1CCCN(C)C1. The highest BCUT2D eigenvalue weighted by molar-refractivity contribution is 5.76. The van der Waals surface area contributed by atoms with Crippen LogP contribution in [-0.2, 0) is 4.79 Å². The lowest BCUT2D eigenvalue weighted by Crippen LogP contribution is -2.46. The van der Waals surface area contributed by atoms with Crippen LogP contribution >= 0.6 is 0 Å². The molecule has 4 heteroatoms. The lowest BCUT2D eigenvalue weighted by atomic mass is 10.0. The van der Waals surface area contributed by atoms with E-state index in [1.54, 1.807) is 0 Å². The van der Waals surface area contributed by atoms with Gasteiger partial charge in [0.2, 0.25) is 5.91 Å². The number of likely N-dealkylation sites (tertiary alicyclic amines) is 1. The smallest absolute Gasteiger partial charge is 0.220 e. The van der Waals surface area contributed by atoms with Crippen LogP contribution in [0.2, 0.25) is 0 Å². The van der Waals surface area contributed by atoms with Gasteiger partial charge in [-0.25, -0.2) is 0 Å². The molecule has 16 heavy (non-hydrogen) atoms. The molecular formula is C12H25N3O. The fourth-order valence-electron chi connectivity index (χ4n) is 2.08. The first kappa shape index (κ1) is 13.5. The molecule has 94 valence electrons. The Balaban J connectivity index is 2.18. The molecule has 2 atom stereocenters. The van der Waals surface area contributed by atoms with Crippen LogP contribution in [-0.4, -0.2) is 43.5 Å². The molecule has 0 saturated carbocycles. The van der Waals surface area contributed by atoms with Crippen molar-refractivity contribution in [1.29, 1.82) is 0 Å². The first-order chi connectivity index (χ1) is 7.61. The number of carbonyl (C=O) groups is 1. The van der Waals surface area contributed by atoms with Crippen molar-refractivity contribution in [3.05, 3.63) is 0 Å². The predicted molar refractivity (Wildman–Crippen MR) is 66.1 cm³/mol. The quantitative estimate of drug-likeness (QED) is 0.722. The first-order valence-electron chi connectivity index (χ1n) is 6.29. The van der Waals surface area contributed by atoms with Crippen LogP contribution in [0.5, 0.6) is 0 Å². The summed E-state index contributed by atoms with van der Waals surface area (Å²) in [5.74, 6) is 0.625. The van der Waals surface area contributed by atoms with Gasteiger partial charge < -0.3 is 16.0 Å². The molecule has 0 bridgehead atoms. The van der Waals surface area contributed by atoms with Crippen molar-refractivity contribution >= 4 is 5.91 Å². The molecule has 4 nitrogen and oxygen atoms in total. The van der Waals surface area contributed by atoms with Gasteiger partial charge in [-0.2, -0.15) is 0 Å². The van der Waals surface area contributed by atoms with Crippen molar-refractivity contribution < 1.29 is 4.79 Å². The molecule has 1 heterocycles. The zero-order chi connectivity index (χ0) is 12.0. The number of nitrogens with two attached hydrogens (primary N) is 1. The fraction of sp³-hybridized carbons (Fsp3) is 0.917. The number of rotatable bonds is 5. The van der Waals surface area contributed by atoms with E-state index in [0.717, 1.165) is 25.9 Å². The van der Waals surface area contributed by atoms with Crippen molar-refractivity contribution in [3.63, 3.8) is 0 Å². The lowest BCUT2D eigenvalue weighted by molar-refractivity contribution is -0.122. The molecule has 0 spiro atoms. The average molecular weight is 227 g/mol. The van der Waals surface area contributed by atoms with E-state index in [-0.39, 0.29) is 5.91 Å². The number of nitrogens with zero attached hydrogens (tertiary/aromatic N) is 1. The molecule has 0 aromatic carbocycles. The van der Waals surface area contributed by atoms with Crippen molar-refractivity contribution in [2.75, 3.05) is 26.7 Å². The standard InChI is InChI=1S/C12H25N3O/c1-10(8-13)5-6-12(16)14-11-4-3-7-15(2)9-11/h10-11H,3-9,13H2,1-2H3,(H,14,16). The molecule has 1 fully saturated rings. The molecular weight excluding hydrogens is 202 g/mol. The van der Waals surface area contributed by atoms with Crippen molar-refractivity contribution in [1.82, 2.24) is 10.2 Å². The monoisotopic (exact) mass is 227 g/mol. The third kappa shape index (κ3) is 4.94. The fourth-order valence-corrected chi connectivity index (χ4v) is 2.08. The zero-order valence-electron chi connectivity index (χ0n) is 10.5. The molecule has 2 unspecified atom stereocenters. The molecule has 0 radical (unpaired) electrons. The summed E-state index contributed by atoms with van der Waals surface area (Å²) in [5, 5.41) is 3.11. The maximum Gasteiger partial charge on any atom is 0.220 e. The van der Waals surface area contributed by atoms with Crippen LogP contribution in [0, 0.1) is 5.92 Å². The van der Waals surface area contributed by atoms with Crippen LogP contribution in [0.3, 0.4) is 0 Å². The number of hydrogen-bond donors (Lipinski definition) is 2. The molecule has 1 rings (SSSR count). The number of carbonyl (C=O) groups excluding carboxylic acids is 1. The minimum atomic E-state index is 0.181. The highest BCUT2D eigenvalue weighted by Gasteiger charge is 2.18. The highest BCUT2D eigenvalue weighted by Crippen LogP contribution is 2.09. The molecule has 0 aromatic heterocycles. The van der Waals surface area contributed by atoms with Gasteiger partial charge in [-0.05, 0) is 45.3 Å². The van der Waals surface area contributed by atoms with E-state index in [4.69, 9.17) is 5.73 Å². The number of nitrogens with one attached hydrogen (secondary N) is 1. The predicted octanol–water partition coefficient (Wildman–Crippen LogP) is 0.572. The summed E-state index contributed by atoms with van der Waals surface area (Å²) in [6.45, 7) is 4.88. The second-order valence-corrected chi connectivity index (χ2v) is 5.05. The lowest BCUT2D eigenvalue weighted by Gasteiger charge is -2.30. The van der Waals surface area contributed by atoms with Crippen molar-refractivity contribution in [2.45, 2.75) is 38.6 Å². The Hall–Kier alpha value is -0.610. The molecule has 1 amide bonds. The number of amides is 1. The second-order valence-electron chi connectivity index (χ2n) is 5.05. The summed E-state index contributed by atoms with van der Waals surface area (Å²) in [6.07, 6.45) is 3.80. The van der Waals surface area contributed by atoms with Gasteiger partial charge in [-0.3, -0.25) is 4.79 Å². The van der Waals surface area contributed by atoms with Crippen LogP contribution in [0.15, 0.2) is 0 Å². The maximum atomic E-state index is 11.7. The maximum absolute atomic E-state index is 11.7. The topological polar surface area (TPSA) is 58.4 Å². The van der Waals surface area contributed by atoms with Gasteiger partial charge in [0.15, 0.2) is 0 Å². The van der Waals surface area contributed by atoms with E-state index >= 15 is 0 Å². The van der Waals surface area contributed by atoms with Gasteiger partial charge in [0.05, 0.1) is 0 Å². The van der Waals surface area contributed by atoms with Gasteiger partial charge in [0.25, 0.3) is 0 Å². The van der Waals surface area contributed by atoms with E-state index in [0.29, 0.717) is 24.9 Å². The Bertz CT molecular complexity index is 220. The average Bonchev–Trinajstić information content (AvgIpc) is 2.26. The Kier molecular flexibility index (Phi) is 5.77. The molecule has 3 N–H and O–H groups in total. The van der Waals surface area contributed by atoms with E-state index in [9.17, 15) is 4.79 Å². The molecule has 1 aliphatic heterocycles. The Morgan fingerprint density at radius 2 is 2.38 bits per heavy atom. The number of hydrogen-bond acceptors (Lipinski definition) is 3. The Morgan fingerprint density at radius 3 is 3.00 bits per heavy atom. The van der Waals surface area contributed by atoms with E-state index < -0.39 is 0 Å². The molecule has 1 saturated heterocycles. The van der Waals surface area contributed by atoms with Crippen LogP contribution in [0.25, 0.3) is 0 Å². The third-order valence-electron chi connectivity index (χ3n) is 3.26. The van der Waals surface area contributed by atoms with Gasteiger partial charge in [0.1, 0.15) is 0 Å². The summed E-state index contributed by atoms with van der Waals surface area (Å²) in [7, 11) is 2.11. The number of piperidine rings is 1. The largest absolute Gasteiger partial charge is 0.352 e. The summed E-state index contributed by atoms with van der Waals surface area (Å²) < 4.78 is 0. The summed E-state index contributed by atoms with van der Waals surface area (Å²) in [5.41, 5.74) is 5.52. The van der Waals surface area contributed by atoms with E-state index in [2.05, 4.69) is 24.2 Å². The highest BCUT2D eigenvalue weighted by atomic mass is 16.1. The molecule has 0 aliphatic carbocycles. The van der Waals surface area contributed by atoms with Crippen LogP contribution in [0.1, 0.15) is 32.6 Å². The Morgan fingerprint density at radius 1 is 1.62 bits per heavy atom. The molecule has 1 aliphatic rings. The van der Waals surface area contributed by atoms with E-state index in [1.165, 1.54) is 6.42 Å². The Labute approximate surface area is 98.6 Å². The minimum absolute atomic E-state index is 0.181. The minimum Gasteiger partial charge on any atom is -0.352 e. The van der Waals surface area contributed by atoms with Gasteiger partial charge in [-0.1, -0.05) is 6.92 Å². The van der Waals surface area contributed by atoms with Gasteiger partial charge >= 0.3 is 0 Å². The van der Waals surface area contributed by atoms with Crippen LogP contribution < -0.4 is 11.1 Å². The zero-order valence-corrected chi connectivity index (χ0v) is 10.5. The second kappa shape index (κ2) is 6.86. The van der Waals surface area contributed by atoms with E-state index in [1.807, 2.05) is 0 Å². The van der Waals surface area contributed by atoms with Gasteiger partial charge in [0, 0.05) is 19.0 Å². The molecule has 0 aromatic rings. The van der Waals surface area contributed by atoms with Gasteiger partial charge in [-0.15, -0.1) is 0 Å². The van der Waals surface area contributed by atoms with Crippen molar-refractivity contribution in [2.24, 2.45) is 11.7 Å². The normalized spacial score (nSPS) is 24.1. The third-order valence-corrected chi connectivity index (χ3v) is 3.26. The van der Waals surface area contributed by atoms with Crippen LogP contribution in [0.4, 0.5) is 0 Å². The summed E-state index contributed by atoms with van der Waals surface area (Å²) in [4.78, 5) is 13.9.